The predicted molar refractivity (Wildman–Crippen MR) is 136 cm³/mol. The monoisotopic (exact) mass is 484 g/mol. The zero-order valence-corrected chi connectivity index (χ0v) is 21.5. The first-order valence-electron chi connectivity index (χ1n) is 13.5. The second-order valence-corrected chi connectivity index (χ2v) is 9.72. The van der Waals surface area contributed by atoms with Gasteiger partial charge in [-0.15, -0.1) is 0 Å². The van der Waals surface area contributed by atoms with Crippen LogP contribution in [-0.4, -0.2) is 63.9 Å². The molecule has 0 fully saturated rings. The lowest BCUT2D eigenvalue weighted by atomic mass is 10.1. The van der Waals surface area contributed by atoms with Crippen molar-refractivity contribution >= 4 is 17.9 Å². The molecule has 0 aromatic rings. The van der Waals surface area contributed by atoms with E-state index in [-0.39, 0.29) is 6.54 Å². The first-order chi connectivity index (χ1) is 16.3. The number of quaternary nitrogens is 1. The summed E-state index contributed by atoms with van der Waals surface area (Å²) in [6.45, 7) is 1.07. The van der Waals surface area contributed by atoms with E-state index in [2.05, 4.69) is 19.1 Å². The van der Waals surface area contributed by atoms with E-state index in [9.17, 15) is 14.4 Å². The lowest BCUT2D eigenvalue weighted by molar-refractivity contribution is -0.907. The van der Waals surface area contributed by atoms with Gasteiger partial charge in [0.15, 0.2) is 19.6 Å². The van der Waals surface area contributed by atoms with Gasteiger partial charge in [-0.1, -0.05) is 89.7 Å². The van der Waals surface area contributed by atoms with Crippen LogP contribution in [0.15, 0.2) is 12.2 Å². The molecule has 0 atom stereocenters. The Hall–Kier alpha value is -1.89. The minimum Gasteiger partial charge on any atom is -0.477 e. The van der Waals surface area contributed by atoms with E-state index in [0.717, 1.165) is 32.1 Å². The van der Waals surface area contributed by atoms with Crippen molar-refractivity contribution in [2.45, 2.75) is 116 Å². The van der Waals surface area contributed by atoms with Crippen LogP contribution in [0.3, 0.4) is 0 Å². The Morgan fingerprint density at radius 3 is 1.21 bits per heavy atom. The zero-order valence-electron chi connectivity index (χ0n) is 21.5. The molecular weight excluding hydrogens is 434 g/mol. The van der Waals surface area contributed by atoms with Crippen LogP contribution in [0.5, 0.6) is 0 Å². The van der Waals surface area contributed by atoms with Gasteiger partial charge in [0.25, 0.3) is 0 Å². The zero-order chi connectivity index (χ0) is 25.5. The maximum atomic E-state index is 11.2. The second kappa shape index (κ2) is 21.6. The van der Waals surface area contributed by atoms with Gasteiger partial charge in [0.1, 0.15) is 0 Å². The molecule has 0 bridgehead atoms. The summed E-state index contributed by atoms with van der Waals surface area (Å²) >= 11 is 0. The fourth-order valence-electron chi connectivity index (χ4n) is 4.49. The number of hydrogen-bond acceptors (Lipinski definition) is 3. The third-order valence-electron chi connectivity index (χ3n) is 6.31. The SMILES string of the molecule is CCCCCCCCCC/C=C/CCCCCCCCC[N+](CC(=O)O)(CC(=O)O)CC(=O)O. The average Bonchev–Trinajstić information content (AvgIpc) is 2.73. The molecule has 34 heavy (non-hydrogen) atoms. The summed E-state index contributed by atoms with van der Waals surface area (Å²) in [6, 6.07) is 0. The van der Waals surface area contributed by atoms with Gasteiger partial charge in [-0.05, 0) is 38.5 Å². The minimum absolute atomic E-state index is 0.258. The lowest BCUT2D eigenvalue weighted by Gasteiger charge is -2.34. The Bertz CT molecular complexity index is 535. The van der Waals surface area contributed by atoms with Crippen LogP contribution in [0.4, 0.5) is 0 Å². The van der Waals surface area contributed by atoms with E-state index < -0.39 is 42.0 Å². The number of rotatable bonds is 25. The third-order valence-corrected chi connectivity index (χ3v) is 6.31. The van der Waals surface area contributed by atoms with Crippen molar-refractivity contribution in [2.75, 3.05) is 26.2 Å². The van der Waals surface area contributed by atoms with E-state index >= 15 is 0 Å². The maximum absolute atomic E-state index is 11.2. The van der Waals surface area contributed by atoms with Crippen LogP contribution in [0, 0.1) is 0 Å². The summed E-state index contributed by atoms with van der Waals surface area (Å²) < 4.78 is -0.439. The molecule has 0 radical (unpaired) electrons. The Morgan fingerprint density at radius 2 is 0.853 bits per heavy atom. The molecule has 0 rings (SSSR count). The van der Waals surface area contributed by atoms with Crippen LogP contribution >= 0.6 is 0 Å². The smallest absolute Gasteiger partial charge is 0.359 e. The highest BCUT2D eigenvalue weighted by Gasteiger charge is 2.35. The van der Waals surface area contributed by atoms with Crippen molar-refractivity contribution in [2.24, 2.45) is 0 Å². The van der Waals surface area contributed by atoms with Crippen molar-refractivity contribution < 1.29 is 34.2 Å². The number of hydrogen-bond donors (Lipinski definition) is 3. The quantitative estimate of drug-likeness (QED) is 0.0800. The van der Waals surface area contributed by atoms with Crippen LogP contribution in [0.25, 0.3) is 0 Å². The Kier molecular flexibility index (Phi) is 20.4. The molecule has 0 spiro atoms. The molecule has 0 aromatic carbocycles. The number of allylic oxidation sites excluding steroid dienone is 2. The minimum atomic E-state index is -1.17. The summed E-state index contributed by atoms with van der Waals surface area (Å²) in [6.07, 6.45) is 25.0. The van der Waals surface area contributed by atoms with Crippen molar-refractivity contribution in [3.8, 4) is 0 Å². The highest BCUT2D eigenvalue weighted by atomic mass is 16.4. The lowest BCUT2D eigenvalue weighted by Crippen LogP contribution is -2.57. The summed E-state index contributed by atoms with van der Waals surface area (Å²) in [5, 5.41) is 27.4. The molecular formula is C27H50NO6+. The molecule has 7 nitrogen and oxygen atoms in total. The van der Waals surface area contributed by atoms with Gasteiger partial charge in [-0.25, -0.2) is 14.4 Å². The van der Waals surface area contributed by atoms with Crippen LogP contribution in [0.1, 0.15) is 116 Å². The maximum Gasteiger partial charge on any atom is 0.359 e. The first kappa shape index (κ1) is 32.1. The summed E-state index contributed by atoms with van der Waals surface area (Å²) in [4.78, 5) is 33.5. The number of carboxylic acids is 3. The molecule has 3 N–H and O–H groups in total. The topological polar surface area (TPSA) is 112 Å². The largest absolute Gasteiger partial charge is 0.477 e. The van der Waals surface area contributed by atoms with Gasteiger partial charge >= 0.3 is 17.9 Å². The third kappa shape index (κ3) is 20.7. The number of carbonyl (C=O) groups is 3. The van der Waals surface area contributed by atoms with E-state index in [1.165, 1.54) is 70.6 Å². The number of aliphatic carboxylic acids is 3. The van der Waals surface area contributed by atoms with Crippen molar-refractivity contribution in [1.82, 2.24) is 0 Å². The second-order valence-electron chi connectivity index (χ2n) is 9.72. The molecule has 0 saturated carbocycles. The van der Waals surface area contributed by atoms with Gasteiger partial charge in [0.2, 0.25) is 0 Å². The predicted octanol–water partition coefficient (Wildman–Crippen LogP) is 6.26. The standard InChI is InChI=1S/C27H49NO6/c1-2-3-4-5-6-7-8-9-10-11-12-13-14-15-16-17-18-19-20-21-28(22-25(29)30,23-26(31)32)24-27(33)34/h11-12H,2-10,13-24H2,1H3,(H2-,29,30,31,32,33,34)/p+1/b12-11+. The highest BCUT2D eigenvalue weighted by molar-refractivity contribution is 5.73. The molecule has 0 saturated heterocycles. The fraction of sp³-hybridized carbons (Fsp3) is 0.815. The van der Waals surface area contributed by atoms with Gasteiger partial charge < -0.3 is 15.3 Å². The molecule has 0 aliphatic carbocycles. The van der Waals surface area contributed by atoms with E-state index in [1.807, 2.05) is 0 Å². The molecule has 7 heteroatoms. The summed E-state index contributed by atoms with van der Waals surface area (Å²) in [7, 11) is 0. The Morgan fingerprint density at radius 1 is 0.529 bits per heavy atom. The summed E-state index contributed by atoms with van der Waals surface area (Å²) in [5.41, 5.74) is 0. The van der Waals surface area contributed by atoms with Crippen molar-refractivity contribution in [3.05, 3.63) is 12.2 Å². The fourth-order valence-corrected chi connectivity index (χ4v) is 4.49. The number of nitrogens with zero attached hydrogens (tertiary/aromatic N) is 1. The van der Waals surface area contributed by atoms with Gasteiger partial charge in [-0.2, -0.15) is 0 Å². The highest BCUT2D eigenvalue weighted by Crippen LogP contribution is 2.14. The molecule has 0 heterocycles. The molecule has 0 aliphatic heterocycles. The Balaban J connectivity index is 3.78. The summed E-state index contributed by atoms with van der Waals surface area (Å²) in [5.74, 6) is -3.52. The van der Waals surface area contributed by atoms with Gasteiger partial charge in [0.05, 0.1) is 6.54 Å². The number of carboxylic acid groups (broad SMARTS) is 3. The van der Waals surface area contributed by atoms with Gasteiger partial charge in [0, 0.05) is 0 Å². The van der Waals surface area contributed by atoms with Crippen molar-refractivity contribution in [3.63, 3.8) is 0 Å². The molecule has 0 aromatic heterocycles. The Labute approximate surface area is 206 Å². The van der Waals surface area contributed by atoms with Gasteiger partial charge in [-0.3, -0.25) is 4.48 Å². The van der Waals surface area contributed by atoms with E-state index in [0.29, 0.717) is 6.42 Å². The molecule has 0 amide bonds. The molecule has 198 valence electrons. The van der Waals surface area contributed by atoms with Crippen LogP contribution in [-0.2, 0) is 14.4 Å². The van der Waals surface area contributed by atoms with Crippen LogP contribution in [0.2, 0.25) is 0 Å². The van der Waals surface area contributed by atoms with E-state index in [1.54, 1.807) is 0 Å². The van der Waals surface area contributed by atoms with E-state index in [4.69, 9.17) is 15.3 Å². The molecule has 0 unspecified atom stereocenters. The number of unbranched alkanes of at least 4 members (excludes halogenated alkanes) is 15. The van der Waals surface area contributed by atoms with Crippen LogP contribution < -0.4 is 0 Å². The van der Waals surface area contributed by atoms with Crippen molar-refractivity contribution in [1.29, 1.82) is 0 Å². The average molecular weight is 485 g/mol. The first-order valence-corrected chi connectivity index (χ1v) is 13.5. The normalized spacial score (nSPS) is 11.8. The molecule has 0 aliphatic rings.